The van der Waals surface area contributed by atoms with Crippen molar-refractivity contribution in [3.8, 4) is 11.5 Å². The van der Waals surface area contributed by atoms with Crippen LogP contribution < -0.4 is 9.47 Å². The molecule has 0 N–H and O–H groups in total. The number of benzene rings is 2. The minimum Gasteiger partial charge on any atom is -0.497 e. The van der Waals surface area contributed by atoms with Crippen molar-refractivity contribution in [2.45, 2.75) is 11.4 Å². The molecule has 3 rings (SSSR count). The maximum atomic E-state index is 12.8. The highest BCUT2D eigenvalue weighted by atomic mass is 79.9. The van der Waals surface area contributed by atoms with Gasteiger partial charge in [-0.3, -0.25) is 4.90 Å². The molecular weight excluding hydrogens is 432 g/mol. The molecule has 0 atom stereocenters. The Kier molecular flexibility index (Phi) is 6.41. The van der Waals surface area contributed by atoms with Gasteiger partial charge in [-0.25, -0.2) is 8.42 Å². The zero-order valence-electron chi connectivity index (χ0n) is 15.4. The molecule has 0 spiro atoms. The Labute approximate surface area is 168 Å². The van der Waals surface area contributed by atoms with Gasteiger partial charge in [0.25, 0.3) is 0 Å². The van der Waals surface area contributed by atoms with E-state index in [0.29, 0.717) is 37.6 Å². The lowest BCUT2D eigenvalue weighted by atomic mass is 10.1. The molecule has 27 heavy (non-hydrogen) atoms. The van der Waals surface area contributed by atoms with E-state index < -0.39 is 10.0 Å². The summed E-state index contributed by atoms with van der Waals surface area (Å²) in [5, 5.41) is 0. The largest absolute Gasteiger partial charge is 0.497 e. The Morgan fingerprint density at radius 3 is 2.37 bits per heavy atom. The van der Waals surface area contributed by atoms with E-state index in [4.69, 9.17) is 9.47 Å². The third kappa shape index (κ3) is 4.63. The van der Waals surface area contributed by atoms with Crippen molar-refractivity contribution in [2.24, 2.45) is 0 Å². The fraction of sp³-hybridized carbons (Fsp3) is 0.368. The lowest BCUT2D eigenvalue weighted by Crippen LogP contribution is -2.48. The van der Waals surface area contributed by atoms with E-state index >= 15 is 0 Å². The molecule has 1 saturated heterocycles. The van der Waals surface area contributed by atoms with Crippen molar-refractivity contribution in [1.29, 1.82) is 0 Å². The summed E-state index contributed by atoms with van der Waals surface area (Å²) in [5.74, 6) is 1.58. The number of hydrogen-bond donors (Lipinski definition) is 0. The van der Waals surface area contributed by atoms with Crippen LogP contribution in [0.4, 0.5) is 0 Å². The van der Waals surface area contributed by atoms with Gasteiger partial charge in [0, 0.05) is 42.8 Å². The molecule has 146 valence electrons. The lowest BCUT2D eigenvalue weighted by Gasteiger charge is -2.34. The number of hydrogen-bond acceptors (Lipinski definition) is 5. The Hall–Kier alpha value is -1.61. The van der Waals surface area contributed by atoms with Crippen LogP contribution in [0.3, 0.4) is 0 Å². The number of ether oxygens (including phenoxy) is 2. The van der Waals surface area contributed by atoms with E-state index in [2.05, 4.69) is 20.8 Å². The van der Waals surface area contributed by atoms with Gasteiger partial charge in [-0.1, -0.05) is 22.0 Å². The molecule has 0 saturated carbocycles. The SMILES string of the molecule is COc1ccc(OC)c(CN2CCN(S(=O)(=O)c3cccc(Br)c3)CC2)c1. The predicted molar refractivity (Wildman–Crippen MR) is 108 cm³/mol. The molecule has 2 aromatic rings. The summed E-state index contributed by atoms with van der Waals surface area (Å²) in [6.07, 6.45) is 0. The first-order valence-corrected chi connectivity index (χ1v) is 10.9. The predicted octanol–water partition coefficient (Wildman–Crippen LogP) is 2.97. The van der Waals surface area contributed by atoms with Gasteiger partial charge in [-0.15, -0.1) is 0 Å². The van der Waals surface area contributed by atoms with Crippen LogP contribution in [0.15, 0.2) is 51.8 Å². The van der Waals surface area contributed by atoms with E-state index in [1.807, 2.05) is 24.3 Å². The van der Waals surface area contributed by atoms with Crippen molar-refractivity contribution in [3.05, 3.63) is 52.5 Å². The summed E-state index contributed by atoms with van der Waals surface area (Å²) in [5.41, 5.74) is 1.03. The number of sulfonamides is 1. The van der Waals surface area contributed by atoms with Gasteiger partial charge < -0.3 is 9.47 Å². The van der Waals surface area contributed by atoms with Crippen LogP contribution in [0.1, 0.15) is 5.56 Å². The Balaban J connectivity index is 1.67. The van der Waals surface area contributed by atoms with Gasteiger partial charge in [-0.05, 0) is 36.4 Å². The summed E-state index contributed by atoms with van der Waals surface area (Å²) in [4.78, 5) is 2.55. The van der Waals surface area contributed by atoms with Gasteiger partial charge in [0.15, 0.2) is 0 Å². The summed E-state index contributed by atoms with van der Waals surface area (Å²) in [6.45, 7) is 2.93. The molecule has 1 fully saturated rings. The van der Waals surface area contributed by atoms with E-state index in [1.165, 1.54) is 0 Å². The molecule has 0 aliphatic carbocycles. The zero-order chi connectivity index (χ0) is 19.4. The molecule has 0 bridgehead atoms. The molecular formula is C19H23BrN2O4S. The minimum atomic E-state index is -3.47. The highest BCUT2D eigenvalue weighted by Gasteiger charge is 2.28. The average Bonchev–Trinajstić information content (AvgIpc) is 2.68. The average molecular weight is 455 g/mol. The van der Waals surface area contributed by atoms with Crippen LogP contribution in [0.5, 0.6) is 11.5 Å². The van der Waals surface area contributed by atoms with E-state index in [9.17, 15) is 8.42 Å². The second-order valence-corrected chi connectivity index (χ2v) is 9.17. The third-order valence-corrected chi connectivity index (χ3v) is 7.03. The second-order valence-electron chi connectivity index (χ2n) is 6.32. The van der Waals surface area contributed by atoms with Crippen LogP contribution >= 0.6 is 15.9 Å². The molecule has 0 unspecified atom stereocenters. The Morgan fingerprint density at radius 2 is 1.74 bits per heavy atom. The van der Waals surface area contributed by atoms with Crippen molar-refractivity contribution in [3.63, 3.8) is 0 Å². The van der Waals surface area contributed by atoms with Crippen LogP contribution in [-0.4, -0.2) is 58.0 Å². The van der Waals surface area contributed by atoms with E-state index in [-0.39, 0.29) is 0 Å². The van der Waals surface area contributed by atoms with Crippen molar-refractivity contribution in [2.75, 3.05) is 40.4 Å². The lowest BCUT2D eigenvalue weighted by molar-refractivity contribution is 0.180. The molecule has 1 aliphatic heterocycles. The summed E-state index contributed by atoms with van der Waals surface area (Å²) >= 11 is 3.34. The smallest absolute Gasteiger partial charge is 0.243 e. The first kappa shape index (κ1) is 20.1. The standard InChI is InChI=1S/C19H23BrN2O4S/c1-25-17-6-7-19(26-2)15(12-17)14-21-8-10-22(11-9-21)27(23,24)18-5-3-4-16(20)13-18/h3-7,12-13H,8-11,14H2,1-2H3. The van der Waals surface area contributed by atoms with Crippen molar-refractivity contribution in [1.82, 2.24) is 9.21 Å². The van der Waals surface area contributed by atoms with Gasteiger partial charge >= 0.3 is 0 Å². The molecule has 1 aliphatic rings. The summed E-state index contributed by atoms with van der Waals surface area (Å²) in [6, 6.07) is 12.5. The fourth-order valence-corrected chi connectivity index (χ4v) is 5.17. The van der Waals surface area contributed by atoms with Crippen molar-refractivity contribution < 1.29 is 17.9 Å². The topological polar surface area (TPSA) is 59.1 Å². The second kappa shape index (κ2) is 8.60. The van der Waals surface area contributed by atoms with Gasteiger partial charge in [0.05, 0.1) is 19.1 Å². The molecule has 6 nitrogen and oxygen atoms in total. The maximum Gasteiger partial charge on any atom is 0.243 e. The van der Waals surface area contributed by atoms with Crippen LogP contribution in [-0.2, 0) is 16.6 Å². The third-order valence-electron chi connectivity index (χ3n) is 4.65. The first-order valence-electron chi connectivity index (χ1n) is 8.63. The maximum absolute atomic E-state index is 12.8. The Bertz CT molecular complexity index is 896. The van der Waals surface area contributed by atoms with Gasteiger partial charge in [-0.2, -0.15) is 4.31 Å². The highest BCUT2D eigenvalue weighted by molar-refractivity contribution is 9.10. The number of methoxy groups -OCH3 is 2. The molecule has 0 aromatic heterocycles. The van der Waals surface area contributed by atoms with Gasteiger partial charge in [0.1, 0.15) is 11.5 Å². The highest BCUT2D eigenvalue weighted by Crippen LogP contribution is 2.26. The summed E-state index contributed by atoms with van der Waals surface area (Å²) < 4.78 is 38.7. The molecule has 8 heteroatoms. The quantitative estimate of drug-likeness (QED) is 0.671. The normalized spacial score (nSPS) is 16.3. The molecule has 1 heterocycles. The fourth-order valence-electron chi connectivity index (χ4n) is 3.15. The van der Waals surface area contributed by atoms with E-state index in [1.54, 1.807) is 36.7 Å². The first-order chi connectivity index (χ1) is 12.9. The summed E-state index contributed by atoms with van der Waals surface area (Å²) in [7, 11) is -0.190. The zero-order valence-corrected chi connectivity index (χ0v) is 17.8. The van der Waals surface area contributed by atoms with Crippen molar-refractivity contribution >= 4 is 26.0 Å². The molecule has 2 aromatic carbocycles. The number of nitrogens with zero attached hydrogens (tertiary/aromatic N) is 2. The number of halogens is 1. The number of piperazine rings is 1. The molecule has 0 amide bonds. The van der Waals surface area contributed by atoms with Crippen LogP contribution in [0, 0.1) is 0 Å². The minimum absolute atomic E-state index is 0.319. The Morgan fingerprint density at radius 1 is 1.00 bits per heavy atom. The van der Waals surface area contributed by atoms with Crippen LogP contribution in [0.25, 0.3) is 0 Å². The van der Waals surface area contributed by atoms with Gasteiger partial charge in [0.2, 0.25) is 10.0 Å². The molecule has 0 radical (unpaired) electrons. The monoisotopic (exact) mass is 454 g/mol. The van der Waals surface area contributed by atoms with Crippen LogP contribution in [0.2, 0.25) is 0 Å². The van der Waals surface area contributed by atoms with E-state index in [0.717, 1.165) is 21.5 Å². The number of rotatable bonds is 6.